The summed E-state index contributed by atoms with van der Waals surface area (Å²) in [7, 11) is -18.5. The predicted octanol–water partition coefficient (Wildman–Crippen LogP) is 9.90. The van der Waals surface area contributed by atoms with E-state index in [1.54, 1.807) is 0 Å². The molecule has 0 heterocycles. The molecule has 16 nitrogen and oxygen atoms in total. The molecule has 0 aromatic carbocycles. The fourth-order valence-electron chi connectivity index (χ4n) is 8.12. The highest BCUT2D eigenvalue weighted by Gasteiger charge is 2.64. The highest BCUT2D eigenvalue weighted by Crippen LogP contribution is 2.38. The van der Waals surface area contributed by atoms with Crippen molar-refractivity contribution in [1.82, 2.24) is 26.6 Å². The SMILES string of the molecule is CCCCNCCC[Si](OCC)(OCC)O[Si](CCCNCCCC)(OCC)O[Si](CCCNCCCC)(OCC)O[Si](CCCNCCCC)(OCC)O[Si](CCCNCCCC)(OCC)OCC. The molecule has 2 unspecified atom stereocenters. The molecule has 2 atom stereocenters. The Bertz CT molecular complexity index is 1060. The number of unbranched alkanes of at least 4 members (excludes halogenated alkanes) is 5. The van der Waals surface area contributed by atoms with Gasteiger partial charge < -0.3 is 74.0 Å². The quantitative estimate of drug-likeness (QED) is 0.0289. The Kier molecular flexibility index (Phi) is 47.0. The van der Waals surface area contributed by atoms with E-state index in [2.05, 4.69) is 61.2 Å². The van der Waals surface area contributed by atoms with Gasteiger partial charge in [0.05, 0.1) is 0 Å². The highest BCUT2D eigenvalue weighted by atomic mass is 28.5. The van der Waals surface area contributed by atoms with E-state index < -0.39 is 44.0 Å². The van der Waals surface area contributed by atoms with Crippen molar-refractivity contribution in [2.24, 2.45) is 0 Å². The minimum atomic E-state index is -3.93. The maximum atomic E-state index is 7.88. The van der Waals surface area contributed by atoms with Gasteiger partial charge in [0, 0.05) is 76.5 Å². The Morgan fingerprint density at radius 2 is 0.371 bits per heavy atom. The van der Waals surface area contributed by atoms with E-state index in [0.29, 0.717) is 76.5 Å². The number of nitrogens with one attached hydrogen (secondary N) is 5. The third-order valence-electron chi connectivity index (χ3n) is 11.5. The lowest BCUT2D eigenvalue weighted by molar-refractivity contribution is 0.0308. The maximum absolute atomic E-state index is 7.88. The summed E-state index contributed by atoms with van der Waals surface area (Å²) in [5.41, 5.74) is 0. The van der Waals surface area contributed by atoms with Crippen LogP contribution in [-0.2, 0) is 47.4 Å². The molecule has 0 aromatic heterocycles. The summed E-state index contributed by atoms with van der Waals surface area (Å²) in [6, 6.07) is 2.79. The van der Waals surface area contributed by atoms with Gasteiger partial charge in [-0.2, -0.15) is 0 Å². The summed E-state index contributed by atoms with van der Waals surface area (Å²) in [5.74, 6) is 0. The molecule has 70 heavy (non-hydrogen) atoms. The Morgan fingerprint density at radius 3 is 0.557 bits per heavy atom. The van der Waals surface area contributed by atoms with Crippen LogP contribution in [0.3, 0.4) is 0 Å². The summed E-state index contributed by atoms with van der Waals surface area (Å²) in [6.07, 6.45) is 15.2. The van der Waals surface area contributed by atoms with E-state index in [9.17, 15) is 0 Å². The molecule has 21 heteroatoms. The fourth-order valence-corrected chi connectivity index (χ4v) is 30.3. The summed E-state index contributed by atoms with van der Waals surface area (Å²) in [6.45, 7) is 36.9. The molecule has 0 bridgehead atoms. The molecule has 0 saturated heterocycles. The van der Waals surface area contributed by atoms with Crippen molar-refractivity contribution in [2.45, 2.75) is 210 Å². The van der Waals surface area contributed by atoms with E-state index in [-0.39, 0.29) is 0 Å². The number of hydrogen-bond donors (Lipinski definition) is 5. The lowest BCUT2D eigenvalue weighted by atomic mass is 10.3. The van der Waals surface area contributed by atoms with Crippen molar-refractivity contribution in [3.8, 4) is 0 Å². The third kappa shape index (κ3) is 32.8. The molecular formula is C49H115N5O11Si5. The second-order valence-corrected chi connectivity index (χ2v) is 32.5. The van der Waals surface area contributed by atoms with Gasteiger partial charge in [0.25, 0.3) is 0 Å². The smallest absolute Gasteiger partial charge is 0.375 e. The highest BCUT2D eigenvalue weighted by molar-refractivity contribution is 6.85. The van der Waals surface area contributed by atoms with Crippen molar-refractivity contribution in [3.63, 3.8) is 0 Å². The van der Waals surface area contributed by atoms with Crippen LogP contribution < -0.4 is 26.6 Å². The van der Waals surface area contributed by atoms with Crippen LogP contribution in [0.1, 0.15) is 179 Å². The summed E-state index contributed by atoms with van der Waals surface area (Å²) < 4.78 is 79.3. The van der Waals surface area contributed by atoms with Gasteiger partial charge >= 0.3 is 44.0 Å². The number of rotatable bonds is 57. The van der Waals surface area contributed by atoms with Crippen LogP contribution in [0.5, 0.6) is 0 Å². The summed E-state index contributed by atoms with van der Waals surface area (Å²) in [5, 5.41) is 18.3. The molecule has 0 rings (SSSR count). The van der Waals surface area contributed by atoms with E-state index in [1.165, 1.54) is 0 Å². The first kappa shape index (κ1) is 70.4. The van der Waals surface area contributed by atoms with Crippen molar-refractivity contribution < 1.29 is 47.4 Å². The van der Waals surface area contributed by atoms with Gasteiger partial charge in [0.15, 0.2) is 0 Å². The lowest BCUT2D eigenvalue weighted by Gasteiger charge is -2.46. The topological polar surface area (TPSA) is 162 Å². The van der Waals surface area contributed by atoms with Crippen molar-refractivity contribution >= 4 is 44.0 Å². The van der Waals surface area contributed by atoms with E-state index >= 15 is 0 Å². The van der Waals surface area contributed by atoms with E-state index in [1.807, 2.05) is 48.5 Å². The summed E-state index contributed by atoms with van der Waals surface area (Å²) in [4.78, 5) is 0. The molecular weight excluding hydrogens is 975 g/mol. The second-order valence-electron chi connectivity index (χ2n) is 17.9. The van der Waals surface area contributed by atoms with Gasteiger partial charge in [0.2, 0.25) is 0 Å². The predicted molar refractivity (Wildman–Crippen MR) is 301 cm³/mol. The van der Waals surface area contributed by atoms with Crippen LogP contribution in [0.15, 0.2) is 0 Å². The molecule has 0 radical (unpaired) electrons. The minimum Gasteiger partial charge on any atom is -0.375 e. The molecule has 0 fully saturated rings. The van der Waals surface area contributed by atoms with Crippen molar-refractivity contribution in [3.05, 3.63) is 0 Å². The average Bonchev–Trinajstić information content (AvgIpc) is 3.32. The molecule has 0 aliphatic rings. The minimum absolute atomic E-state index is 0.353. The number of hydrogen-bond acceptors (Lipinski definition) is 16. The largest absolute Gasteiger partial charge is 0.493 e. The molecule has 0 aromatic rings. The van der Waals surface area contributed by atoms with Gasteiger partial charge in [-0.25, -0.2) is 0 Å². The zero-order chi connectivity index (χ0) is 52.0. The van der Waals surface area contributed by atoms with Crippen LogP contribution in [0, 0.1) is 0 Å². The van der Waals surface area contributed by atoms with Crippen molar-refractivity contribution in [1.29, 1.82) is 0 Å². The van der Waals surface area contributed by atoms with Crippen LogP contribution in [0.2, 0.25) is 30.2 Å². The lowest BCUT2D eigenvalue weighted by Crippen LogP contribution is -2.69. The first-order valence-electron chi connectivity index (χ1n) is 28.9. The standard InChI is InChI=1S/C49H115N5O11Si5/c1-13-25-35-50-40-30-45-66(55-18-6,56-19-7)62-68(59-22-10,47-32-42-52-37-27-15-3)64-70(61-24-12,49-34-44-54-39-29-17-5)65-69(60-23-11,48-33-43-53-38-28-16-4)63-67(57-20-8,58-21-9)46-31-41-51-36-26-14-2/h50-54H,13-49H2,1-12H3. The van der Waals surface area contributed by atoms with Gasteiger partial charge in [0.1, 0.15) is 0 Å². The van der Waals surface area contributed by atoms with Crippen molar-refractivity contribution in [2.75, 3.05) is 112 Å². The third-order valence-corrected chi connectivity index (χ3v) is 31.4. The maximum Gasteiger partial charge on any atom is 0.493 e. The monoisotopic (exact) mass is 1090 g/mol. The molecule has 0 aliphatic heterocycles. The van der Waals surface area contributed by atoms with E-state index in [0.717, 1.165) is 162 Å². The first-order chi connectivity index (χ1) is 34.1. The Labute approximate surface area is 437 Å². The summed E-state index contributed by atoms with van der Waals surface area (Å²) >= 11 is 0. The molecule has 0 aliphatic carbocycles. The molecule has 0 spiro atoms. The average molecular weight is 1090 g/mol. The van der Waals surface area contributed by atoms with Gasteiger partial charge in [-0.3, -0.25) is 0 Å². The van der Waals surface area contributed by atoms with Crippen LogP contribution in [-0.4, -0.2) is 156 Å². The van der Waals surface area contributed by atoms with E-state index in [4.69, 9.17) is 47.4 Å². The fraction of sp³-hybridized carbons (Fsp3) is 1.00. The molecule has 5 N–H and O–H groups in total. The zero-order valence-electron chi connectivity index (χ0n) is 47.7. The van der Waals surface area contributed by atoms with Crippen LogP contribution in [0.4, 0.5) is 0 Å². The van der Waals surface area contributed by atoms with Gasteiger partial charge in [-0.05, 0) is 178 Å². The van der Waals surface area contributed by atoms with Crippen LogP contribution in [0.25, 0.3) is 0 Å². The Balaban J connectivity index is 8.14. The Morgan fingerprint density at radius 1 is 0.214 bits per heavy atom. The second kappa shape index (κ2) is 46.7. The molecule has 0 saturated carbocycles. The zero-order valence-corrected chi connectivity index (χ0v) is 52.7. The van der Waals surface area contributed by atoms with Gasteiger partial charge in [-0.15, -0.1) is 0 Å². The molecule has 422 valence electrons. The molecule has 0 amide bonds. The normalized spacial score (nSPS) is 15.1. The van der Waals surface area contributed by atoms with Crippen LogP contribution >= 0.6 is 0 Å². The van der Waals surface area contributed by atoms with Gasteiger partial charge in [-0.1, -0.05) is 66.7 Å². The Hall–Kier alpha value is 0.444. The first-order valence-corrected chi connectivity index (χ1v) is 38.5.